The molecule has 17 heavy (non-hydrogen) atoms. The van der Waals surface area contributed by atoms with Crippen molar-refractivity contribution in [1.82, 2.24) is 9.55 Å². The maximum atomic E-state index is 6.16. The predicted molar refractivity (Wildman–Crippen MR) is 72.3 cm³/mol. The Kier molecular flexibility index (Phi) is 3.67. The summed E-state index contributed by atoms with van der Waals surface area (Å²) in [5.74, 6) is 0.949. The number of hydrogen-bond donors (Lipinski definition) is 0. The molecule has 0 radical (unpaired) electrons. The van der Waals surface area contributed by atoms with Crippen molar-refractivity contribution < 1.29 is 0 Å². The van der Waals surface area contributed by atoms with Crippen LogP contribution in [0.5, 0.6) is 0 Å². The number of halogens is 3. The van der Waals surface area contributed by atoms with E-state index in [0.29, 0.717) is 21.6 Å². The molecule has 1 aromatic carbocycles. The largest absolute Gasteiger partial charge is 0.330 e. The fourth-order valence-corrected chi connectivity index (χ4v) is 2.31. The predicted octanol–water partition coefficient (Wildman–Crippen LogP) is 4.51. The van der Waals surface area contributed by atoms with Gasteiger partial charge in [-0.3, -0.25) is 0 Å². The van der Waals surface area contributed by atoms with Gasteiger partial charge in [0.2, 0.25) is 0 Å². The van der Waals surface area contributed by atoms with E-state index in [0.717, 1.165) is 17.1 Å². The maximum absolute atomic E-state index is 6.16. The molecule has 2 nitrogen and oxygen atoms in total. The lowest BCUT2D eigenvalue weighted by atomic mass is 10.2. The summed E-state index contributed by atoms with van der Waals surface area (Å²) in [7, 11) is 0. The smallest absolute Gasteiger partial charge is 0.106 e. The zero-order valence-electron chi connectivity index (χ0n) is 9.47. The number of hydrogen-bond acceptors (Lipinski definition) is 1. The van der Waals surface area contributed by atoms with Crippen molar-refractivity contribution in [3.05, 3.63) is 50.5 Å². The van der Waals surface area contributed by atoms with Crippen molar-refractivity contribution in [2.24, 2.45) is 0 Å². The Bertz CT molecular complexity index is 561. The third kappa shape index (κ3) is 2.59. The molecule has 2 rings (SSSR count). The molecule has 0 unspecified atom stereocenters. The van der Waals surface area contributed by atoms with Crippen molar-refractivity contribution >= 4 is 34.8 Å². The van der Waals surface area contributed by atoms with Gasteiger partial charge in [0.1, 0.15) is 5.82 Å². The molecular formula is C12H11Cl3N2. The summed E-state index contributed by atoms with van der Waals surface area (Å²) in [6.07, 6.45) is 1.98. The molecule has 0 atom stereocenters. The molecule has 0 fully saturated rings. The Morgan fingerprint density at radius 3 is 2.41 bits per heavy atom. The van der Waals surface area contributed by atoms with Crippen LogP contribution in [-0.4, -0.2) is 9.55 Å². The molecule has 0 aliphatic carbocycles. The minimum absolute atomic E-state index is 0.403. The summed E-state index contributed by atoms with van der Waals surface area (Å²) >= 11 is 18.1. The SMILES string of the molecule is Cc1cn(Cc2ccc(Cl)c(Cl)c2Cl)c(C)n1. The van der Waals surface area contributed by atoms with Crippen LogP contribution in [0.4, 0.5) is 0 Å². The molecule has 1 aromatic heterocycles. The number of aryl methyl sites for hydroxylation is 2. The lowest BCUT2D eigenvalue weighted by Crippen LogP contribution is -2.01. The van der Waals surface area contributed by atoms with Gasteiger partial charge in [0.25, 0.3) is 0 Å². The topological polar surface area (TPSA) is 17.8 Å². The van der Waals surface area contributed by atoms with E-state index in [1.807, 2.05) is 30.7 Å². The lowest BCUT2D eigenvalue weighted by Gasteiger charge is -2.09. The van der Waals surface area contributed by atoms with Crippen molar-refractivity contribution in [3.63, 3.8) is 0 Å². The van der Waals surface area contributed by atoms with Crippen LogP contribution in [0.1, 0.15) is 17.1 Å². The van der Waals surface area contributed by atoms with Gasteiger partial charge >= 0.3 is 0 Å². The first-order chi connectivity index (χ1) is 7.99. The number of benzene rings is 1. The van der Waals surface area contributed by atoms with Crippen LogP contribution in [0.25, 0.3) is 0 Å². The molecule has 90 valence electrons. The van der Waals surface area contributed by atoms with E-state index >= 15 is 0 Å². The highest BCUT2D eigenvalue weighted by Crippen LogP contribution is 2.33. The van der Waals surface area contributed by atoms with Crippen LogP contribution in [0.3, 0.4) is 0 Å². The number of aromatic nitrogens is 2. The summed E-state index contributed by atoms with van der Waals surface area (Å²) in [4.78, 5) is 4.34. The molecule has 0 amide bonds. The van der Waals surface area contributed by atoms with Crippen molar-refractivity contribution in [2.45, 2.75) is 20.4 Å². The van der Waals surface area contributed by atoms with Gasteiger partial charge in [-0.2, -0.15) is 0 Å². The third-order valence-electron chi connectivity index (χ3n) is 2.55. The Balaban J connectivity index is 2.37. The van der Waals surface area contributed by atoms with E-state index in [-0.39, 0.29) is 0 Å². The molecule has 0 saturated carbocycles. The van der Waals surface area contributed by atoms with Crippen molar-refractivity contribution in [1.29, 1.82) is 0 Å². The molecule has 0 saturated heterocycles. The average molecular weight is 290 g/mol. The van der Waals surface area contributed by atoms with Gasteiger partial charge in [0.05, 0.1) is 27.3 Å². The van der Waals surface area contributed by atoms with Gasteiger partial charge in [0, 0.05) is 6.20 Å². The molecule has 2 aromatic rings. The van der Waals surface area contributed by atoms with Gasteiger partial charge in [-0.1, -0.05) is 40.9 Å². The highest BCUT2D eigenvalue weighted by Gasteiger charge is 2.10. The van der Waals surface area contributed by atoms with Gasteiger partial charge in [0.15, 0.2) is 0 Å². The summed E-state index contributed by atoms with van der Waals surface area (Å²) in [5.41, 5.74) is 1.92. The zero-order chi connectivity index (χ0) is 12.6. The Morgan fingerprint density at radius 1 is 1.12 bits per heavy atom. The van der Waals surface area contributed by atoms with E-state index in [9.17, 15) is 0 Å². The molecule has 0 aliphatic rings. The van der Waals surface area contributed by atoms with E-state index in [2.05, 4.69) is 4.98 Å². The first kappa shape index (κ1) is 12.7. The van der Waals surface area contributed by atoms with Crippen molar-refractivity contribution in [3.8, 4) is 0 Å². The fraction of sp³-hybridized carbons (Fsp3) is 0.250. The van der Waals surface area contributed by atoms with Crippen LogP contribution in [0, 0.1) is 13.8 Å². The number of nitrogens with zero attached hydrogens (tertiary/aromatic N) is 2. The number of rotatable bonds is 2. The first-order valence-corrected chi connectivity index (χ1v) is 6.25. The van der Waals surface area contributed by atoms with E-state index < -0.39 is 0 Å². The minimum Gasteiger partial charge on any atom is -0.330 e. The Hall–Kier alpha value is -0.700. The first-order valence-electron chi connectivity index (χ1n) is 5.12. The second kappa shape index (κ2) is 4.89. The highest BCUT2D eigenvalue weighted by atomic mass is 35.5. The molecule has 0 aliphatic heterocycles. The summed E-state index contributed by atoms with van der Waals surface area (Å²) in [6, 6.07) is 3.63. The van der Waals surface area contributed by atoms with Gasteiger partial charge in [-0.15, -0.1) is 0 Å². The second-order valence-electron chi connectivity index (χ2n) is 3.89. The van der Waals surface area contributed by atoms with Crippen LogP contribution in [-0.2, 0) is 6.54 Å². The van der Waals surface area contributed by atoms with E-state index in [1.54, 1.807) is 6.07 Å². The second-order valence-corrected chi connectivity index (χ2v) is 5.06. The lowest BCUT2D eigenvalue weighted by molar-refractivity contribution is 0.762. The van der Waals surface area contributed by atoms with Gasteiger partial charge < -0.3 is 4.57 Å². The fourth-order valence-electron chi connectivity index (χ4n) is 1.70. The Labute approximate surface area is 115 Å². The van der Waals surface area contributed by atoms with Crippen LogP contribution >= 0.6 is 34.8 Å². The average Bonchev–Trinajstić information content (AvgIpc) is 2.58. The minimum atomic E-state index is 0.403. The Morgan fingerprint density at radius 2 is 1.82 bits per heavy atom. The van der Waals surface area contributed by atoms with Crippen LogP contribution < -0.4 is 0 Å². The molecule has 0 N–H and O–H groups in total. The van der Waals surface area contributed by atoms with Gasteiger partial charge in [-0.25, -0.2) is 4.98 Å². The van der Waals surface area contributed by atoms with Crippen LogP contribution in [0.15, 0.2) is 18.3 Å². The molecule has 5 heteroatoms. The monoisotopic (exact) mass is 288 g/mol. The molecule has 1 heterocycles. The summed E-state index contributed by atoms with van der Waals surface area (Å²) < 4.78 is 2.03. The molecular weight excluding hydrogens is 279 g/mol. The number of imidazole rings is 1. The van der Waals surface area contributed by atoms with Crippen molar-refractivity contribution in [2.75, 3.05) is 0 Å². The zero-order valence-corrected chi connectivity index (χ0v) is 11.7. The third-order valence-corrected chi connectivity index (χ3v) is 3.89. The molecule has 0 bridgehead atoms. The summed E-state index contributed by atoms with van der Waals surface area (Å²) in [6.45, 7) is 4.56. The van der Waals surface area contributed by atoms with Gasteiger partial charge in [-0.05, 0) is 25.5 Å². The molecule has 0 spiro atoms. The highest BCUT2D eigenvalue weighted by molar-refractivity contribution is 6.48. The standard InChI is InChI=1S/C12H11Cl3N2/c1-7-5-17(8(2)16-7)6-9-3-4-10(13)12(15)11(9)14/h3-5H,6H2,1-2H3. The summed E-state index contributed by atoms with van der Waals surface area (Å²) in [5, 5.41) is 1.38. The normalized spacial score (nSPS) is 10.9. The van der Waals surface area contributed by atoms with Crippen LogP contribution in [0.2, 0.25) is 15.1 Å². The van der Waals surface area contributed by atoms with E-state index in [1.165, 1.54) is 0 Å². The maximum Gasteiger partial charge on any atom is 0.106 e. The van der Waals surface area contributed by atoms with E-state index in [4.69, 9.17) is 34.8 Å². The quantitative estimate of drug-likeness (QED) is 0.744.